The highest BCUT2D eigenvalue weighted by Crippen LogP contribution is 2.34. The lowest BCUT2D eigenvalue weighted by Crippen LogP contribution is -2.36. The SMILES string of the molecule is CC(Nc1nc2cc(C(F)(F)F)ccc2s1)C(=O)N(C)C. The first-order chi connectivity index (χ1) is 9.68. The van der Waals surface area contributed by atoms with Crippen LogP contribution in [-0.2, 0) is 11.0 Å². The van der Waals surface area contributed by atoms with Crippen molar-refractivity contribution in [1.29, 1.82) is 0 Å². The molecule has 1 heterocycles. The predicted octanol–water partition coefficient (Wildman–Crippen LogP) is 3.20. The number of alkyl halides is 3. The number of aromatic nitrogens is 1. The average molecular weight is 317 g/mol. The van der Waals surface area contributed by atoms with Gasteiger partial charge in [0.2, 0.25) is 5.91 Å². The van der Waals surface area contributed by atoms with E-state index in [4.69, 9.17) is 0 Å². The van der Waals surface area contributed by atoms with Crippen molar-refractivity contribution in [3.05, 3.63) is 23.8 Å². The number of fused-ring (bicyclic) bond motifs is 1. The minimum atomic E-state index is -4.39. The second-order valence-corrected chi connectivity index (χ2v) is 5.83. The fraction of sp³-hybridized carbons (Fsp3) is 0.385. The molecule has 0 radical (unpaired) electrons. The molecular weight excluding hydrogens is 303 g/mol. The number of hydrogen-bond acceptors (Lipinski definition) is 4. The van der Waals surface area contributed by atoms with Gasteiger partial charge in [0, 0.05) is 14.1 Å². The molecule has 1 aromatic heterocycles. The van der Waals surface area contributed by atoms with Crippen molar-refractivity contribution in [3.63, 3.8) is 0 Å². The van der Waals surface area contributed by atoms with Crippen LogP contribution in [0.1, 0.15) is 12.5 Å². The molecule has 8 heteroatoms. The molecule has 1 aromatic carbocycles. The number of nitrogens with zero attached hydrogens (tertiary/aromatic N) is 2. The molecule has 1 atom stereocenters. The summed E-state index contributed by atoms with van der Waals surface area (Å²) in [6.45, 7) is 1.68. The summed E-state index contributed by atoms with van der Waals surface area (Å²) in [4.78, 5) is 17.3. The molecule has 114 valence electrons. The quantitative estimate of drug-likeness (QED) is 0.945. The molecule has 1 N–H and O–H groups in total. The second-order valence-electron chi connectivity index (χ2n) is 4.80. The second kappa shape index (κ2) is 5.51. The number of thiazole rings is 1. The Balaban J connectivity index is 2.25. The number of nitrogens with one attached hydrogen (secondary N) is 1. The number of carbonyl (C=O) groups excluding carboxylic acids is 1. The van der Waals surface area contributed by atoms with Crippen LogP contribution in [0, 0.1) is 0 Å². The van der Waals surface area contributed by atoms with Gasteiger partial charge in [-0.3, -0.25) is 4.79 Å². The smallest absolute Gasteiger partial charge is 0.350 e. The average Bonchev–Trinajstić information content (AvgIpc) is 2.77. The van der Waals surface area contributed by atoms with Gasteiger partial charge < -0.3 is 10.2 Å². The highest BCUT2D eigenvalue weighted by molar-refractivity contribution is 7.22. The number of carbonyl (C=O) groups is 1. The molecule has 0 fully saturated rings. The number of amides is 1. The van der Waals surface area contributed by atoms with Crippen molar-refractivity contribution in [3.8, 4) is 0 Å². The molecular formula is C13H14F3N3OS. The Bertz CT molecular complexity index is 666. The van der Waals surface area contributed by atoms with Gasteiger partial charge in [-0.15, -0.1) is 0 Å². The fourth-order valence-corrected chi connectivity index (χ4v) is 2.73. The van der Waals surface area contributed by atoms with Gasteiger partial charge in [0.05, 0.1) is 15.8 Å². The molecule has 0 saturated carbocycles. The molecule has 0 aliphatic heterocycles. The molecule has 0 bridgehead atoms. The minimum absolute atomic E-state index is 0.134. The monoisotopic (exact) mass is 317 g/mol. The van der Waals surface area contributed by atoms with E-state index in [0.717, 1.165) is 12.1 Å². The van der Waals surface area contributed by atoms with Gasteiger partial charge >= 0.3 is 6.18 Å². The summed E-state index contributed by atoms with van der Waals surface area (Å²) < 4.78 is 38.5. The summed E-state index contributed by atoms with van der Waals surface area (Å²) in [5.41, 5.74) is -0.467. The van der Waals surface area contributed by atoms with Gasteiger partial charge in [0.15, 0.2) is 5.13 Å². The first-order valence-corrected chi connectivity index (χ1v) is 6.95. The van der Waals surface area contributed by atoms with E-state index in [0.29, 0.717) is 9.83 Å². The summed E-state index contributed by atoms with van der Waals surface area (Å²) in [5.74, 6) is -0.134. The number of anilines is 1. The number of hydrogen-bond donors (Lipinski definition) is 1. The Morgan fingerprint density at radius 1 is 1.38 bits per heavy atom. The number of rotatable bonds is 3. The van der Waals surface area contributed by atoms with Crippen LogP contribution in [0.3, 0.4) is 0 Å². The molecule has 1 unspecified atom stereocenters. The number of benzene rings is 1. The van der Waals surface area contributed by atoms with Crippen LogP contribution in [0.4, 0.5) is 18.3 Å². The zero-order valence-corrected chi connectivity index (χ0v) is 12.5. The highest BCUT2D eigenvalue weighted by Gasteiger charge is 2.30. The summed E-state index contributed by atoms with van der Waals surface area (Å²) in [6.07, 6.45) is -4.39. The van der Waals surface area contributed by atoms with Gasteiger partial charge in [-0.05, 0) is 25.1 Å². The van der Waals surface area contributed by atoms with E-state index in [1.165, 1.54) is 22.3 Å². The Morgan fingerprint density at radius 2 is 2.05 bits per heavy atom. The summed E-state index contributed by atoms with van der Waals surface area (Å²) >= 11 is 1.21. The van der Waals surface area contributed by atoms with Gasteiger partial charge in [-0.1, -0.05) is 11.3 Å². The van der Waals surface area contributed by atoms with Gasteiger partial charge in [0.1, 0.15) is 6.04 Å². The number of halogens is 3. The molecule has 0 aliphatic carbocycles. The van der Waals surface area contributed by atoms with Crippen molar-refractivity contribution >= 4 is 32.6 Å². The topological polar surface area (TPSA) is 45.2 Å². The van der Waals surface area contributed by atoms with Gasteiger partial charge in [0.25, 0.3) is 0 Å². The maximum absolute atomic E-state index is 12.6. The summed E-state index contributed by atoms with van der Waals surface area (Å²) in [7, 11) is 3.27. The molecule has 0 spiro atoms. The maximum Gasteiger partial charge on any atom is 0.416 e. The van der Waals surface area contributed by atoms with Crippen LogP contribution in [0.15, 0.2) is 18.2 Å². The first-order valence-electron chi connectivity index (χ1n) is 6.14. The van der Waals surface area contributed by atoms with E-state index in [9.17, 15) is 18.0 Å². The van der Waals surface area contributed by atoms with E-state index < -0.39 is 17.8 Å². The normalized spacial score (nSPS) is 13.2. The fourth-order valence-electron chi connectivity index (χ4n) is 1.80. The Morgan fingerprint density at radius 3 is 2.62 bits per heavy atom. The third-order valence-corrected chi connectivity index (χ3v) is 3.83. The van der Waals surface area contributed by atoms with Crippen molar-refractivity contribution in [2.75, 3.05) is 19.4 Å². The molecule has 2 rings (SSSR count). The third-order valence-electron chi connectivity index (χ3n) is 2.87. The standard InChI is InChI=1S/C13H14F3N3OS/c1-7(11(20)19(2)3)17-12-18-9-6-8(13(14,15)16)4-5-10(9)21-12/h4-7H,1-3H3,(H,17,18). The maximum atomic E-state index is 12.6. The van der Waals surface area contributed by atoms with Crippen LogP contribution in [0.5, 0.6) is 0 Å². The largest absolute Gasteiger partial charge is 0.416 e. The molecule has 0 aliphatic rings. The van der Waals surface area contributed by atoms with E-state index >= 15 is 0 Å². The minimum Gasteiger partial charge on any atom is -0.350 e. The van der Waals surface area contributed by atoms with E-state index in [2.05, 4.69) is 10.3 Å². The zero-order chi connectivity index (χ0) is 15.8. The van der Waals surface area contributed by atoms with Crippen molar-refractivity contribution < 1.29 is 18.0 Å². The van der Waals surface area contributed by atoms with Crippen molar-refractivity contribution in [2.24, 2.45) is 0 Å². The lowest BCUT2D eigenvalue weighted by Gasteiger charge is -2.17. The summed E-state index contributed by atoms with van der Waals surface area (Å²) in [6, 6.07) is 2.93. The van der Waals surface area contributed by atoms with Crippen LogP contribution < -0.4 is 5.32 Å². The van der Waals surface area contributed by atoms with E-state index in [-0.39, 0.29) is 11.4 Å². The Hall–Kier alpha value is -1.83. The van der Waals surface area contributed by atoms with E-state index in [1.54, 1.807) is 21.0 Å². The first kappa shape index (κ1) is 15.6. The van der Waals surface area contributed by atoms with Crippen molar-refractivity contribution in [2.45, 2.75) is 19.1 Å². The highest BCUT2D eigenvalue weighted by atomic mass is 32.1. The lowest BCUT2D eigenvalue weighted by molar-refractivity contribution is -0.137. The molecule has 21 heavy (non-hydrogen) atoms. The molecule has 2 aromatic rings. The molecule has 1 amide bonds. The Labute approximate surface area is 123 Å². The van der Waals surface area contributed by atoms with Gasteiger partial charge in [-0.2, -0.15) is 13.2 Å². The van der Waals surface area contributed by atoms with Gasteiger partial charge in [-0.25, -0.2) is 4.98 Å². The molecule has 0 saturated heterocycles. The summed E-state index contributed by atoms with van der Waals surface area (Å²) in [5, 5.41) is 3.33. The van der Waals surface area contributed by atoms with Crippen molar-refractivity contribution in [1.82, 2.24) is 9.88 Å². The predicted molar refractivity (Wildman–Crippen MR) is 76.4 cm³/mol. The zero-order valence-electron chi connectivity index (χ0n) is 11.7. The molecule has 4 nitrogen and oxygen atoms in total. The lowest BCUT2D eigenvalue weighted by atomic mass is 10.2. The third kappa shape index (κ3) is 3.44. The van der Waals surface area contributed by atoms with Crippen LogP contribution in [0.25, 0.3) is 10.2 Å². The van der Waals surface area contributed by atoms with E-state index in [1.807, 2.05) is 0 Å². The van der Waals surface area contributed by atoms with Crippen LogP contribution in [-0.4, -0.2) is 35.9 Å². The number of likely N-dealkylation sites (N-methyl/N-ethyl adjacent to an activating group) is 1. The van der Waals surface area contributed by atoms with Crippen LogP contribution >= 0.6 is 11.3 Å². The Kier molecular flexibility index (Phi) is 4.08. The van der Waals surface area contributed by atoms with Crippen LogP contribution in [0.2, 0.25) is 0 Å².